The number of carbonyl (C=O) groups excluding carboxylic acids is 1. The highest BCUT2D eigenvalue weighted by Crippen LogP contribution is 2.49. The lowest BCUT2D eigenvalue weighted by molar-refractivity contribution is -0.153. The molecule has 1 unspecified atom stereocenters. The third-order valence-corrected chi connectivity index (χ3v) is 6.21. The summed E-state index contributed by atoms with van der Waals surface area (Å²) < 4.78 is 5.54. The van der Waals surface area contributed by atoms with Crippen molar-refractivity contribution in [1.82, 2.24) is 0 Å². The Morgan fingerprint density at radius 1 is 1.17 bits per heavy atom. The van der Waals surface area contributed by atoms with Crippen molar-refractivity contribution < 1.29 is 9.53 Å². The number of esters is 1. The lowest BCUT2D eigenvalue weighted by atomic mass is 9.70. The van der Waals surface area contributed by atoms with Gasteiger partial charge in [-0.25, -0.2) is 5.01 Å². The Balaban J connectivity index is 1.89. The number of hydrazone groups is 1. The summed E-state index contributed by atoms with van der Waals surface area (Å²) in [7, 11) is 0. The molecule has 2 aromatic rings. The van der Waals surface area contributed by atoms with Crippen molar-refractivity contribution in [2.45, 2.75) is 32.6 Å². The third kappa shape index (κ3) is 3.67. The number of nitrogens with zero attached hydrogens (tertiary/aromatic N) is 2. The van der Waals surface area contributed by atoms with Crippen molar-refractivity contribution in [2.75, 3.05) is 11.6 Å². The van der Waals surface area contributed by atoms with Gasteiger partial charge in [0.2, 0.25) is 0 Å². The average Bonchev–Trinajstić information content (AvgIpc) is 2.75. The Kier molecular flexibility index (Phi) is 5.66. The van der Waals surface area contributed by atoms with Crippen LogP contribution in [-0.4, -0.2) is 18.3 Å². The van der Waals surface area contributed by atoms with Crippen LogP contribution in [0.5, 0.6) is 0 Å². The molecule has 2 aromatic carbocycles. The number of rotatable bonds is 4. The molecule has 0 amide bonds. The molecule has 0 fully saturated rings. The number of hydrogen-bond donors (Lipinski definition) is 0. The van der Waals surface area contributed by atoms with Crippen LogP contribution in [0, 0.1) is 5.41 Å². The number of fused-ring (bicyclic) bond motifs is 1. The van der Waals surface area contributed by atoms with Crippen LogP contribution in [0.1, 0.15) is 38.2 Å². The number of allylic oxidation sites excluding steroid dienone is 1. The minimum absolute atomic E-state index is 0.195. The van der Waals surface area contributed by atoms with Gasteiger partial charge in [-0.2, -0.15) is 5.10 Å². The zero-order valence-electron chi connectivity index (χ0n) is 16.2. The van der Waals surface area contributed by atoms with E-state index in [4.69, 9.17) is 33.0 Å². The van der Waals surface area contributed by atoms with Crippen molar-refractivity contribution in [3.63, 3.8) is 0 Å². The molecule has 0 N–H and O–H groups in total. The fraction of sp³-hybridized carbons (Fsp3) is 0.304. The maximum Gasteiger partial charge on any atom is 0.318 e. The van der Waals surface area contributed by atoms with Gasteiger partial charge in [0, 0.05) is 6.42 Å². The second-order valence-electron chi connectivity index (χ2n) is 7.28. The van der Waals surface area contributed by atoms with Gasteiger partial charge in [0.25, 0.3) is 0 Å². The maximum atomic E-state index is 13.2. The predicted molar refractivity (Wildman–Crippen MR) is 118 cm³/mol. The van der Waals surface area contributed by atoms with E-state index in [2.05, 4.69) is 6.08 Å². The SMILES string of the molecule is CCOC(=O)C12CCCC=C1N(c1ccc(Cl)c(Cl)c1)N=C(c1ccccc1)C2. The first-order chi connectivity index (χ1) is 14.0. The van der Waals surface area contributed by atoms with Crippen molar-refractivity contribution in [2.24, 2.45) is 10.5 Å². The van der Waals surface area contributed by atoms with Crippen LogP contribution in [0.2, 0.25) is 10.0 Å². The van der Waals surface area contributed by atoms with Crippen LogP contribution in [-0.2, 0) is 9.53 Å². The molecule has 1 aliphatic carbocycles. The van der Waals surface area contributed by atoms with E-state index in [0.29, 0.717) is 23.1 Å². The largest absolute Gasteiger partial charge is 0.465 e. The first kappa shape index (κ1) is 20.0. The number of hydrogen-bond acceptors (Lipinski definition) is 4. The summed E-state index contributed by atoms with van der Waals surface area (Å²) >= 11 is 12.4. The summed E-state index contributed by atoms with van der Waals surface area (Å²) in [4.78, 5) is 13.2. The first-order valence-corrected chi connectivity index (χ1v) is 10.6. The van der Waals surface area contributed by atoms with Crippen molar-refractivity contribution in [3.05, 3.63) is 75.9 Å². The molecule has 1 aliphatic heterocycles. The van der Waals surface area contributed by atoms with E-state index in [-0.39, 0.29) is 5.97 Å². The Bertz CT molecular complexity index is 988. The zero-order valence-corrected chi connectivity index (χ0v) is 17.7. The summed E-state index contributed by atoms with van der Waals surface area (Å²) in [5.41, 5.74) is 2.72. The summed E-state index contributed by atoms with van der Waals surface area (Å²) in [6, 6.07) is 15.4. The zero-order chi connectivity index (χ0) is 20.4. The number of carbonyl (C=O) groups is 1. The van der Waals surface area contributed by atoms with E-state index in [1.165, 1.54) is 0 Å². The summed E-state index contributed by atoms with van der Waals surface area (Å²) in [6.07, 6.45) is 5.17. The van der Waals surface area contributed by atoms with Crippen LogP contribution < -0.4 is 5.01 Å². The van der Waals surface area contributed by atoms with E-state index in [9.17, 15) is 4.79 Å². The Labute approximate surface area is 180 Å². The van der Waals surface area contributed by atoms with Crippen LogP contribution in [0.4, 0.5) is 5.69 Å². The van der Waals surface area contributed by atoms with Crippen LogP contribution in [0.25, 0.3) is 0 Å². The van der Waals surface area contributed by atoms with Gasteiger partial charge >= 0.3 is 5.97 Å². The number of benzene rings is 2. The molecular formula is C23H22Cl2N2O2. The van der Waals surface area contributed by atoms with Crippen molar-refractivity contribution in [1.29, 1.82) is 0 Å². The molecule has 1 atom stereocenters. The lowest BCUT2D eigenvalue weighted by Gasteiger charge is -2.44. The topological polar surface area (TPSA) is 41.9 Å². The molecule has 6 heteroatoms. The van der Waals surface area contributed by atoms with Crippen LogP contribution >= 0.6 is 23.2 Å². The molecule has 0 saturated heterocycles. The minimum Gasteiger partial charge on any atom is -0.465 e. The van der Waals surface area contributed by atoms with Gasteiger partial charge in [0.15, 0.2) is 0 Å². The molecule has 2 aliphatic rings. The van der Waals surface area contributed by atoms with Crippen LogP contribution in [0.3, 0.4) is 0 Å². The first-order valence-electron chi connectivity index (χ1n) is 9.81. The summed E-state index contributed by atoms with van der Waals surface area (Å²) in [5.74, 6) is -0.195. The average molecular weight is 429 g/mol. The number of halogens is 2. The normalized spacial score (nSPS) is 21.1. The fourth-order valence-electron chi connectivity index (χ4n) is 4.08. The molecule has 0 radical (unpaired) electrons. The highest BCUT2D eigenvalue weighted by molar-refractivity contribution is 6.42. The molecule has 0 aromatic heterocycles. The highest BCUT2D eigenvalue weighted by atomic mass is 35.5. The Hall–Kier alpha value is -2.30. The van der Waals surface area contributed by atoms with E-state index in [1.807, 2.05) is 48.3 Å². The molecule has 0 spiro atoms. The molecule has 4 nitrogen and oxygen atoms in total. The maximum absolute atomic E-state index is 13.2. The number of anilines is 1. The van der Waals surface area contributed by atoms with Gasteiger partial charge in [-0.05, 0) is 49.9 Å². The Morgan fingerprint density at radius 3 is 2.69 bits per heavy atom. The smallest absolute Gasteiger partial charge is 0.318 e. The van der Waals surface area contributed by atoms with Gasteiger partial charge in [-0.1, -0.05) is 59.6 Å². The second-order valence-corrected chi connectivity index (χ2v) is 8.10. The van der Waals surface area contributed by atoms with Gasteiger partial charge < -0.3 is 4.74 Å². The van der Waals surface area contributed by atoms with Crippen molar-refractivity contribution in [3.8, 4) is 0 Å². The Morgan fingerprint density at radius 2 is 1.97 bits per heavy atom. The molecule has 0 saturated carbocycles. The standard InChI is InChI=1S/C23H22Cl2N2O2/c1-2-29-22(28)23-13-7-6-10-21(23)27(17-11-12-18(24)19(25)14-17)26-20(15-23)16-8-4-3-5-9-16/h3-5,8-12,14H,2,6-7,13,15H2,1H3. The van der Waals surface area contributed by atoms with E-state index in [1.54, 1.807) is 12.1 Å². The molecule has 150 valence electrons. The highest BCUT2D eigenvalue weighted by Gasteiger charge is 2.50. The quantitative estimate of drug-likeness (QED) is 0.542. The fourth-order valence-corrected chi connectivity index (χ4v) is 4.37. The van der Waals surface area contributed by atoms with Gasteiger partial charge in [-0.3, -0.25) is 4.79 Å². The third-order valence-electron chi connectivity index (χ3n) is 5.47. The molecule has 4 rings (SSSR count). The number of ether oxygens (including phenoxy) is 1. The van der Waals surface area contributed by atoms with Crippen LogP contribution in [0.15, 0.2) is 65.4 Å². The van der Waals surface area contributed by atoms with Gasteiger partial charge in [0.05, 0.1) is 33.7 Å². The van der Waals surface area contributed by atoms with Crippen molar-refractivity contribution >= 4 is 40.6 Å². The summed E-state index contributed by atoms with van der Waals surface area (Å²) in [5, 5.41) is 7.70. The monoisotopic (exact) mass is 428 g/mol. The van der Waals surface area contributed by atoms with Gasteiger partial charge in [0.1, 0.15) is 5.41 Å². The van der Waals surface area contributed by atoms with E-state index < -0.39 is 5.41 Å². The molecule has 1 heterocycles. The molecular weight excluding hydrogens is 407 g/mol. The summed E-state index contributed by atoms with van der Waals surface area (Å²) in [6.45, 7) is 2.19. The molecule has 29 heavy (non-hydrogen) atoms. The second kappa shape index (κ2) is 8.21. The lowest BCUT2D eigenvalue weighted by Crippen LogP contribution is -2.47. The predicted octanol–water partition coefficient (Wildman–Crippen LogP) is 6.23. The van der Waals surface area contributed by atoms with Gasteiger partial charge in [-0.15, -0.1) is 0 Å². The van der Waals surface area contributed by atoms with E-state index in [0.717, 1.165) is 41.9 Å². The van der Waals surface area contributed by atoms with E-state index >= 15 is 0 Å². The minimum atomic E-state index is -0.757. The molecule has 0 bridgehead atoms.